The van der Waals surface area contributed by atoms with Crippen molar-refractivity contribution in [2.75, 3.05) is 11.9 Å². The lowest BCUT2D eigenvalue weighted by Crippen LogP contribution is -2.25. The monoisotopic (exact) mass is 447 g/mol. The summed E-state index contributed by atoms with van der Waals surface area (Å²) in [6.07, 6.45) is 0. The smallest absolute Gasteiger partial charge is 0.197 e. The normalized spacial score (nSPS) is 12.4. The predicted molar refractivity (Wildman–Crippen MR) is 111 cm³/mol. The summed E-state index contributed by atoms with van der Waals surface area (Å²) in [4.78, 5) is 25.8. The second-order valence-corrected chi connectivity index (χ2v) is 7.25. The second kappa shape index (κ2) is 7.70. The van der Waals surface area contributed by atoms with Crippen LogP contribution in [0.15, 0.2) is 42.5 Å². The minimum Gasteiger partial charge on any atom is -0.489 e. The van der Waals surface area contributed by atoms with Crippen molar-refractivity contribution in [1.82, 2.24) is 0 Å². The van der Waals surface area contributed by atoms with Crippen molar-refractivity contribution in [2.24, 2.45) is 0 Å². The molecule has 0 aromatic heterocycles. The highest BCUT2D eigenvalue weighted by atomic mass is 35.5. The fourth-order valence-electron chi connectivity index (χ4n) is 3.38. The van der Waals surface area contributed by atoms with Crippen LogP contribution in [0.25, 0.3) is 0 Å². The molecule has 1 aliphatic carbocycles. The van der Waals surface area contributed by atoms with Crippen molar-refractivity contribution in [2.45, 2.75) is 6.92 Å². The minimum atomic E-state index is -1.13. The Morgan fingerprint density at radius 2 is 1.37 bits per heavy atom. The van der Waals surface area contributed by atoms with Gasteiger partial charge < -0.3 is 10.1 Å². The molecule has 0 fully saturated rings. The fourth-order valence-corrected chi connectivity index (χ4v) is 3.87. The number of nitrogens with one attached hydrogen (secondary N) is 1. The van der Waals surface area contributed by atoms with Gasteiger partial charge in [0.15, 0.2) is 29.0 Å². The van der Waals surface area contributed by atoms with Crippen molar-refractivity contribution in [3.05, 3.63) is 86.4 Å². The molecule has 0 unspecified atom stereocenters. The first-order valence-corrected chi connectivity index (χ1v) is 9.69. The number of carbonyl (C=O) groups is 2. The van der Waals surface area contributed by atoms with E-state index in [2.05, 4.69) is 5.32 Å². The van der Waals surface area contributed by atoms with E-state index in [0.29, 0.717) is 0 Å². The lowest BCUT2D eigenvalue weighted by molar-refractivity contribution is 0.0971. The van der Waals surface area contributed by atoms with Crippen molar-refractivity contribution in [3.8, 4) is 5.75 Å². The highest BCUT2D eigenvalue weighted by Crippen LogP contribution is 2.44. The van der Waals surface area contributed by atoms with Crippen LogP contribution in [0, 0.1) is 11.6 Å². The van der Waals surface area contributed by atoms with Crippen LogP contribution < -0.4 is 10.1 Å². The van der Waals surface area contributed by atoms with Gasteiger partial charge in [-0.05, 0) is 19.1 Å². The molecule has 0 spiro atoms. The molecule has 3 aromatic rings. The Kier molecular flexibility index (Phi) is 5.22. The number of anilines is 2. The molecule has 152 valence electrons. The molecular weight excluding hydrogens is 435 g/mol. The van der Waals surface area contributed by atoms with Crippen LogP contribution in [0.3, 0.4) is 0 Å². The van der Waals surface area contributed by atoms with E-state index in [1.165, 1.54) is 24.3 Å². The van der Waals surface area contributed by atoms with E-state index >= 15 is 8.78 Å². The quantitative estimate of drug-likeness (QED) is 0.405. The number of fused-ring (bicyclic) bond motifs is 2. The maximum absolute atomic E-state index is 15.6. The zero-order chi connectivity index (χ0) is 21.6. The number of hydrogen-bond donors (Lipinski definition) is 1. The van der Waals surface area contributed by atoms with E-state index in [1.54, 1.807) is 25.1 Å². The highest BCUT2D eigenvalue weighted by Gasteiger charge is 2.39. The predicted octanol–water partition coefficient (Wildman–Crippen LogP) is 6.19. The van der Waals surface area contributed by atoms with Crippen LogP contribution in [0.2, 0.25) is 10.0 Å². The Morgan fingerprint density at radius 1 is 0.833 bits per heavy atom. The Labute approximate surface area is 180 Å². The summed E-state index contributed by atoms with van der Waals surface area (Å²) in [7, 11) is 0. The first-order chi connectivity index (χ1) is 14.4. The molecule has 0 saturated heterocycles. The summed E-state index contributed by atoms with van der Waals surface area (Å²) in [6, 6.07) is 10.5. The molecule has 1 aliphatic rings. The number of para-hydroxylation sites is 1. The average molecular weight is 448 g/mol. The van der Waals surface area contributed by atoms with Crippen LogP contribution in [0.4, 0.5) is 20.2 Å². The Bertz CT molecular complexity index is 1210. The molecule has 0 aliphatic heterocycles. The van der Waals surface area contributed by atoms with Crippen molar-refractivity contribution < 1.29 is 23.1 Å². The fraction of sp³-hybridized carbons (Fsp3) is 0.0909. The maximum atomic E-state index is 15.6. The van der Waals surface area contributed by atoms with Gasteiger partial charge in [0, 0.05) is 11.1 Å². The van der Waals surface area contributed by atoms with Crippen molar-refractivity contribution in [1.29, 1.82) is 0 Å². The summed E-state index contributed by atoms with van der Waals surface area (Å²) in [5.41, 5.74) is -1.68. The van der Waals surface area contributed by atoms with Gasteiger partial charge in [-0.1, -0.05) is 53.5 Å². The number of halogens is 4. The molecule has 30 heavy (non-hydrogen) atoms. The van der Waals surface area contributed by atoms with Crippen LogP contribution in [0.1, 0.15) is 38.8 Å². The van der Waals surface area contributed by atoms with Gasteiger partial charge in [0.1, 0.15) is 5.69 Å². The molecular formula is C22H13Cl2F2NO3. The lowest BCUT2D eigenvalue weighted by atomic mass is 9.83. The van der Waals surface area contributed by atoms with Crippen molar-refractivity contribution in [3.63, 3.8) is 0 Å². The van der Waals surface area contributed by atoms with Gasteiger partial charge in [-0.25, -0.2) is 8.78 Å². The van der Waals surface area contributed by atoms with Gasteiger partial charge in [0.2, 0.25) is 0 Å². The first kappa shape index (κ1) is 20.3. The van der Waals surface area contributed by atoms with E-state index < -0.39 is 45.8 Å². The van der Waals surface area contributed by atoms with E-state index in [9.17, 15) is 9.59 Å². The van der Waals surface area contributed by atoms with Gasteiger partial charge >= 0.3 is 0 Å². The Morgan fingerprint density at radius 3 is 1.90 bits per heavy atom. The van der Waals surface area contributed by atoms with Crippen LogP contribution in [-0.2, 0) is 0 Å². The van der Waals surface area contributed by atoms with Gasteiger partial charge in [0.05, 0.1) is 33.5 Å². The molecule has 4 rings (SSSR count). The standard InChI is InChI=1S/C22H13Cl2F2NO3/c1-2-30-22-17(26)15-14(20(28)10-6-3-4-7-11(10)21(15)29)16(25)19(22)27-18-12(23)8-5-9-13(18)24/h3-9,27H,2H2,1H3. The molecule has 0 saturated carbocycles. The molecule has 0 heterocycles. The van der Waals surface area contributed by atoms with E-state index in [1.807, 2.05) is 0 Å². The molecule has 0 amide bonds. The number of rotatable bonds is 4. The van der Waals surface area contributed by atoms with Gasteiger partial charge in [-0.3, -0.25) is 9.59 Å². The summed E-state index contributed by atoms with van der Waals surface area (Å²) >= 11 is 12.3. The number of ether oxygens (including phenoxy) is 1. The molecule has 0 radical (unpaired) electrons. The van der Waals surface area contributed by atoms with Crippen molar-refractivity contribution >= 4 is 46.1 Å². The maximum Gasteiger partial charge on any atom is 0.197 e. The highest BCUT2D eigenvalue weighted by molar-refractivity contribution is 6.39. The zero-order valence-corrected chi connectivity index (χ0v) is 17.0. The van der Waals surface area contributed by atoms with E-state index in [-0.39, 0.29) is 33.5 Å². The van der Waals surface area contributed by atoms with Crippen LogP contribution in [-0.4, -0.2) is 18.2 Å². The average Bonchev–Trinajstić information content (AvgIpc) is 2.73. The molecule has 1 N–H and O–H groups in total. The molecule has 8 heteroatoms. The lowest BCUT2D eigenvalue weighted by Gasteiger charge is -2.23. The Hall–Kier alpha value is -2.96. The van der Waals surface area contributed by atoms with Gasteiger partial charge in [-0.2, -0.15) is 0 Å². The van der Waals surface area contributed by atoms with E-state index in [0.717, 1.165) is 0 Å². The number of carbonyl (C=O) groups excluding carboxylic acids is 2. The number of ketones is 2. The van der Waals surface area contributed by atoms with Crippen LogP contribution in [0.5, 0.6) is 5.75 Å². The molecule has 3 aromatic carbocycles. The third kappa shape index (κ3) is 3.04. The second-order valence-electron chi connectivity index (χ2n) is 6.44. The first-order valence-electron chi connectivity index (χ1n) is 8.94. The molecule has 4 nitrogen and oxygen atoms in total. The molecule has 0 atom stereocenters. The van der Waals surface area contributed by atoms with Gasteiger partial charge in [-0.15, -0.1) is 0 Å². The Balaban J connectivity index is 2.00. The summed E-state index contributed by atoms with van der Waals surface area (Å²) in [5.74, 6) is -4.39. The van der Waals surface area contributed by atoms with E-state index in [4.69, 9.17) is 27.9 Å². The zero-order valence-electron chi connectivity index (χ0n) is 15.5. The van der Waals surface area contributed by atoms with Crippen LogP contribution >= 0.6 is 23.2 Å². The summed E-state index contributed by atoms with van der Waals surface area (Å²) in [6.45, 7) is 1.56. The number of benzene rings is 3. The third-order valence-electron chi connectivity index (χ3n) is 4.71. The summed E-state index contributed by atoms with van der Waals surface area (Å²) < 4.78 is 36.4. The topological polar surface area (TPSA) is 55.4 Å². The SMILES string of the molecule is CCOc1c(F)c2c(c(F)c1Nc1c(Cl)cccc1Cl)C(=O)c1ccccc1C2=O. The summed E-state index contributed by atoms with van der Waals surface area (Å²) in [5, 5.41) is 2.94. The molecule has 0 bridgehead atoms. The minimum absolute atomic E-state index is 0.000754. The largest absolute Gasteiger partial charge is 0.489 e. The van der Waals surface area contributed by atoms with Gasteiger partial charge in [0.25, 0.3) is 0 Å². The number of hydrogen-bond acceptors (Lipinski definition) is 4. The third-order valence-corrected chi connectivity index (χ3v) is 5.34.